The van der Waals surface area contributed by atoms with Gasteiger partial charge in [-0.1, -0.05) is 12.1 Å². The first-order valence-electron chi connectivity index (χ1n) is 9.07. The number of rotatable bonds is 3. The van der Waals surface area contributed by atoms with Gasteiger partial charge < -0.3 is 15.2 Å². The Hall–Kier alpha value is -2.11. The monoisotopic (exact) mass is 390 g/mol. The van der Waals surface area contributed by atoms with Crippen LogP contribution in [-0.2, 0) is 4.74 Å². The summed E-state index contributed by atoms with van der Waals surface area (Å²) < 4.78 is 5.58. The third-order valence-corrected chi connectivity index (χ3v) is 4.47. The summed E-state index contributed by atoms with van der Waals surface area (Å²) in [7, 11) is 0. The van der Waals surface area contributed by atoms with E-state index in [1.54, 1.807) is 18.3 Å². The summed E-state index contributed by atoms with van der Waals surface area (Å²) >= 11 is 0. The maximum atomic E-state index is 12.7. The van der Waals surface area contributed by atoms with Crippen molar-refractivity contribution in [1.82, 2.24) is 10.3 Å². The van der Waals surface area contributed by atoms with Gasteiger partial charge in [0.2, 0.25) is 0 Å². The molecule has 1 saturated heterocycles. The second-order valence-corrected chi connectivity index (χ2v) is 7.72. The maximum absolute atomic E-state index is 12.7. The molecule has 0 spiro atoms. The number of nitrogens with zero attached hydrogens (tertiary/aromatic N) is 1. The minimum absolute atomic E-state index is 0. The lowest BCUT2D eigenvalue weighted by Gasteiger charge is -2.26. The Morgan fingerprint density at radius 2 is 2.04 bits per heavy atom. The number of benzene rings is 1. The molecule has 3 rings (SSSR count). The predicted molar refractivity (Wildman–Crippen MR) is 109 cm³/mol. The molecule has 0 bridgehead atoms. The van der Waals surface area contributed by atoms with E-state index in [2.05, 4.69) is 10.3 Å². The minimum atomic E-state index is -0.560. The molecule has 1 aliphatic rings. The lowest BCUT2D eigenvalue weighted by atomic mass is 9.88. The predicted octanol–water partition coefficient (Wildman–Crippen LogP) is 4.30. The van der Waals surface area contributed by atoms with E-state index in [1.165, 1.54) is 0 Å². The highest BCUT2D eigenvalue weighted by Gasteiger charge is 2.26. The van der Waals surface area contributed by atoms with E-state index in [0.29, 0.717) is 16.8 Å². The van der Waals surface area contributed by atoms with Gasteiger partial charge in [0.1, 0.15) is 11.4 Å². The summed E-state index contributed by atoms with van der Waals surface area (Å²) in [6.45, 7) is 7.39. The van der Waals surface area contributed by atoms with E-state index in [4.69, 9.17) is 4.74 Å². The van der Waals surface area contributed by atoms with E-state index in [1.807, 2.05) is 39.0 Å². The molecular weight excluding hydrogens is 364 g/mol. The van der Waals surface area contributed by atoms with Gasteiger partial charge >= 0.3 is 5.97 Å². The third-order valence-electron chi connectivity index (χ3n) is 4.47. The first-order chi connectivity index (χ1) is 12.3. The summed E-state index contributed by atoms with van der Waals surface area (Å²) in [5.74, 6) is 0.0472. The number of aromatic hydroxyl groups is 1. The summed E-state index contributed by atoms with van der Waals surface area (Å²) in [5, 5.41) is 13.5. The fraction of sp³-hybridized carbons (Fsp3) is 0.429. The average molecular weight is 391 g/mol. The number of phenols is 1. The molecule has 1 aliphatic heterocycles. The standard InChI is InChI=1S/C21H26N2O3.ClH/c1-21(2,3)26-20(25)17-13-23-18(15-8-4-5-9-19(15)24)11-16(17)14-7-6-10-22-12-14;/h4-5,8-9,11,13-14,22,24H,6-7,10,12H2,1-3H3;1H. The summed E-state index contributed by atoms with van der Waals surface area (Å²) in [5.41, 5.74) is 2.20. The molecule has 0 saturated carbocycles. The van der Waals surface area contributed by atoms with Gasteiger partial charge in [-0.25, -0.2) is 4.79 Å². The SMILES string of the molecule is CC(C)(C)OC(=O)c1cnc(-c2ccccc2O)cc1C1CCCNC1.Cl. The number of esters is 1. The molecule has 1 aromatic carbocycles. The normalized spacial score (nSPS) is 17.1. The maximum Gasteiger partial charge on any atom is 0.340 e. The van der Waals surface area contributed by atoms with Crippen LogP contribution in [0.4, 0.5) is 0 Å². The molecule has 0 radical (unpaired) electrons. The fourth-order valence-corrected chi connectivity index (χ4v) is 3.27. The number of carbonyl (C=O) groups is 1. The molecule has 6 heteroatoms. The Balaban J connectivity index is 0.00000261. The molecule has 1 aromatic heterocycles. The van der Waals surface area contributed by atoms with Crippen molar-refractivity contribution in [3.63, 3.8) is 0 Å². The van der Waals surface area contributed by atoms with E-state index in [9.17, 15) is 9.90 Å². The molecule has 5 nitrogen and oxygen atoms in total. The number of hydrogen-bond donors (Lipinski definition) is 2. The van der Waals surface area contributed by atoms with Crippen LogP contribution in [0.25, 0.3) is 11.3 Å². The molecule has 1 fully saturated rings. The number of pyridine rings is 1. The number of aromatic nitrogens is 1. The number of nitrogens with one attached hydrogen (secondary N) is 1. The van der Waals surface area contributed by atoms with Gasteiger partial charge in [0.05, 0.1) is 11.3 Å². The molecule has 0 aliphatic carbocycles. The zero-order valence-electron chi connectivity index (χ0n) is 16.0. The number of piperidine rings is 1. The first kappa shape index (κ1) is 21.2. The van der Waals surface area contributed by atoms with Gasteiger partial charge in [0, 0.05) is 18.3 Å². The van der Waals surface area contributed by atoms with Crippen LogP contribution in [0.2, 0.25) is 0 Å². The first-order valence-corrected chi connectivity index (χ1v) is 9.07. The number of hydrogen-bond acceptors (Lipinski definition) is 5. The van der Waals surface area contributed by atoms with Crippen molar-refractivity contribution in [3.8, 4) is 17.0 Å². The molecule has 27 heavy (non-hydrogen) atoms. The Labute approximate surface area is 166 Å². The largest absolute Gasteiger partial charge is 0.507 e. The van der Waals surface area contributed by atoms with Crippen LogP contribution in [-0.4, -0.2) is 34.8 Å². The van der Waals surface area contributed by atoms with E-state index in [0.717, 1.165) is 31.5 Å². The number of halogens is 1. The van der Waals surface area contributed by atoms with Crippen molar-refractivity contribution in [3.05, 3.63) is 47.7 Å². The van der Waals surface area contributed by atoms with Crippen LogP contribution in [0.1, 0.15) is 55.5 Å². The second-order valence-electron chi connectivity index (χ2n) is 7.72. The van der Waals surface area contributed by atoms with Crippen LogP contribution in [0.3, 0.4) is 0 Å². The molecular formula is C21H27ClN2O3. The fourth-order valence-electron chi connectivity index (χ4n) is 3.27. The molecule has 0 amide bonds. The highest BCUT2D eigenvalue weighted by Crippen LogP contribution is 2.33. The lowest BCUT2D eigenvalue weighted by Crippen LogP contribution is -2.30. The van der Waals surface area contributed by atoms with Crippen LogP contribution < -0.4 is 5.32 Å². The van der Waals surface area contributed by atoms with E-state index >= 15 is 0 Å². The minimum Gasteiger partial charge on any atom is -0.507 e. The van der Waals surface area contributed by atoms with Gasteiger partial charge in [0.25, 0.3) is 0 Å². The van der Waals surface area contributed by atoms with Crippen LogP contribution in [0.5, 0.6) is 5.75 Å². The van der Waals surface area contributed by atoms with Crippen LogP contribution in [0, 0.1) is 0 Å². The van der Waals surface area contributed by atoms with Crippen molar-refractivity contribution in [2.75, 3.05) is 13.1 Å². The highest BCUT2D eigenvalue weighted by atomic mass is 35.5. The molecule has 1 unspecified atom stereocenters. The van der Waals surface area contributed by atoms with Gasteiger partial charge in [-0.15, -0.1) is 12.4 Å². The molecule has 2 N–H and O–H groups in total. The zero-order chi connectivity index (χ0) is 18.7. The van der Waals surface area contributed by atoms with Crippen molar-refractivity contribution >= 4 is 18.4 Å². The molecule has 1 atom stereocenters. The summed E-state index contributed by atoms with van der Waals surface area (Å²) in [6, 6.07) is 9.03. The van der Waals surface area contributed by atoms with E-state index in [-0.39, 0.29) is 30.0 Å². The second kappa shape index (κ2) is 8.72. The number of ether oxygens (including phenoxy) is 1. The zero-order valence-corrected chi connectivity index (χ0v) is 16.8. The van der Waals surface area contributed by atoms with Gasteiger partial charge in [0.15, 0.2) is 0 Å². The lowest BCUT2D eigenvalue weighted by molar-refractivity contribution is 0.00672. The molecule has 2 heterocycles. The number of para-hydroxylation sites is 1. The molecule has 2 aromatic rings. The summed E-state index contributed by atoms with van der Waals surface area (Å²) in [6.07, 6.45) is 3.65. The van der Waals surface area contributed by atoms with Gasteiger partial charge in [-0.3, -0.25) is 4.98 Å². The van der Waals surface area contributed by atoms with Gasteiger partial charge in [-0.2, -0.15) is 0 Å². The molecule has 146 valence electrons. The third kappa shape index (κ3) is 5.21. The van der Waals surface area contributed by atoms with Crippen molar-refractivity contribution in [2.45, 2.75) is 45.1 Å². The van der Waals surface area contributed by atoms with E-state index < -0.39 is 5.60 Å². The quantitative estimate of drug-likeness (QED) is 0.764. The number of phenolic OH excluding ortho intramolecular Hbond substituents is 1. The Morgan fingerprint density at radius 1 is 1.30 bits per heavy atom. The van der Waals surface area contributed by atoms with Crippen LogP contribution in [0.15, 0.2) is 36.5 Å². The smallest absolute Gasteiger partial charge is 0.340 e. The Kier molecular flexibility index (Phi) is 6.84. The van der Waals surface area contributed by atoms with Crippen molar-refractivity contribution < 1.29 is 14.6 Å². The Bertz CT molecular complexity index is 796. The average Bonchev–Trinajstić information content (AvgIpc) is 2.61. The summed E-state index contributed by atoms with van der Waals surface area (Å²) in [4.78, 5) is 17.1. The van der Waals surface area contributed by atoms with Crippen LogP contribution >= 0.6 is 12.4 Å². The van der Waals surface area contributed by atoms with Crippen molar-refractivity contribution in [1.29, 1.82) is 0 Å². The van der Waals surface area contributed by atoms with Gasteiger partial charge in [-0.05, 0) is 69.8 Å². The topological polar surface area (TPSA) is 71.5 Å². The number of carbonyl (C=O) groups excluding carboxylic acids is 1. The Morgan fingerprint density at radius 3 is 2.67 bits per heavy atom. The van der Waals surface area contributed by atoms with Crippen molar-refractivity contribution in [2.24, 2.45) is 0 Å². The highest BCUT2D eigenvalue weighted by molar-refractivity contribution is 5.92.